The molecule has 2 aromatic rings. The summed E-state index contributed by atoms with van der Waals surface area (Å²) in [6.07, 6.45) is 2.26. The third-order valence-corrected chi connectivity index (χ3v) is 2.88. The van der Waals surface area contributed by atoms with Crippen molar-refractivity contribution < 1.29 is 4.74 Å². The van der Waals surface area contributed by atoms with Crippen LogP contribution >= 0.6 is 0 Å². The highest BCUT2D eigenvalue weighted by Gasteiger charge is 2.29. The molecular weight excluding hydrogens is 218 g/mol. The zero-order valence-corrected chi connectivity index (χ0v) is 9.50. The van der Waals surface area contributed by atoms with Gasteiger partial charge in [0.15, 0.2) is 11.6 Å². The third-order valence-electron chi connectivity index (χ3n) is 2.88. The Labute approximate surface area is 98.4 Å². The normalized spacial score (nSPS) is 14.9. The molecular formula is C11H13N5O. The van der Waals surface area contributed by atoms with Crippen LogP contribution in [0.3, 0.4) is 0 Å². The minimum absolute atomic E-state index is 0.422. The van der Waals surface area contributed by atoms with Crippen molar-refractivity contribution >= 4 is 5.69 Å². The van der Waals surface area contributed by atoms with E-state index >= 15 is 0 Å². The summed E-state index contributed by atoms with van der Waals surface area (Å²) in [7, 11) is 1.60. The molecule has 17 heavy (non-hydrogen) atoms. The lowest BCUT2D eigenvalue weighted by Gasteiger charge is -2.10. The van der Waals surface area contributed by atoms with Crippen molar-refractivity contribution in [2.75, 3.05) is 12.8 Å². The summed E-state index contributed by atoms with van der Waals surface area (Å²) in [6, 6.07) is 6.01. The number of tetrazole rings is 1. The SMILES string of the molecule is COc1c(N)cccc1-c1nnnn1C1CC1. The van der Waals surface area contributed by atoms with E-state index in [1.54, 1.807) is 13.2 Å². The Hall–Kier alpha value is -2.11. The second kappa shape index (κ2) is 3.73. The van der Waals surface area contributed by atoms with Crippen LogP contribution in [0.15, 0.2) is 18.2 Å². The number of nitrogen functional groups attached to an aromatic ring is 1. The van der Waals surface area contributed by atoms with Crippen molar-refractivity contribution in [3.05, 3.63) is 18.2 Å². The van der Waals surface area contributed by atoms with E-state index < -0.39 is 0 Å². The Morgan fingerprint density at radius 3 is 2.94 bits per heavy atom. The van der Waals surface area contributed by atoms with Gasteiger partial charge in [0.25, 0.3) is 0 Å². The van der Waals surface area contributed by atoms with Crippen LogP contribution < -0.4 is 10.5 Å². The van der Waals surface area contributed by atoms with Gasteiger partial charge in [-0.2, -0.15) is 0 Å². The van der Waals surface area contributed by atoms with E-state index in [0.29, 0.717) is 17.5 Å². The maximum absolute atomic E-state index is 5.88. The summed E-state index contributed by atoms with van der Waals surface area (Å²) in [5.74, 6) is 1.35. The Balaban J connectivity index is 2.14. The number of hydrogen-bond acceptors (Lipinski definition) is 5. The molecule has 6 nitrogen and oxygen atoms in total. The van der Waals surface area contributed by atoms with Gasteiger partial charge in [-0.3, -0.25) is 0 Å². The number of hydrogen-bond donors (Lipinski definition) is 1. The van der Waals surface area contributed by atoms with Gasteiger partial charge in [-0.25, -0.2) is 4.68 Å². The average Bonchev–Trinajstić information content (AvgIpc) is 3.07. The topological polar surface area (TPSA) is 78.8 Å². The molecule has 1 aromatic carbocycles. The number of nitrogens with zero attached hydrogens (tertiary/aromatic N) is 4. The standard InChI is InChI=1S/C11H13N5O/c1-17-10-8(3-2-4-9(10)12)11-13-14-15-16(11)7-5-6-7/h2-4,7H,5-6,12H2,1H3. The molecule has 0 amide bonds. The van der Waals surface area contributed by atoms with Crippen LogP contribution in [0.4, 0.5) is 5.69 Å². The summed E-state index contributed by atoms with van der Waals surface area (Å²) in [5.41, 5.74) is 7.31. The Morgan fingerprint density at radius 1 is 1.41 bits per heavy atom. The number of para-hydroxylation sites is 1. The molecule has 1 fully saturated rings. The van der Waals surface area contributed by atoms with E-state index in [-0.39, 0.29) is 0 Å². The lowest BCUT2D eigenvalue weighted by molar-refractivity contribution is 0.418. The maximum Gasteiger partial charge on any atom is 0.186 e. The molecule has 0 radical (unpaired) electrons. The molecule has 1 saturated carbocycles. The van der Waals surface area contributed by atoms with Crippen molar-refractivity contribution in [2.24, 2.45) is 0 Å². The zero-order chi connectivity index (χ0) is 11.8. The summed E-state index contributed by atoms with van der Waals surface area (Å²) in [4.78, 5) is 0. The van der Waals surface area contributed by atoms with Crippen LogP contribution in [-0.2, 0) is 0 Å². The number of anilines is 1. The van der Waals surface area contributed by atoms with E-state index in [0.717, 1.165) is 24.2 Å². The number of rotatable bonds is 3. The summed E-state index contributed by atoms with van der Waals surface area (Å²) in [5, 5.41) is 11.8. The first-order valence-electron chi connectivity index (χ1n) is 5.52. The molecule has 1 aliphatic carbocycles. The number of methoxy groups -OCH3 is 1. The monoisotopic (exact) mass is 231 g/mol. The fraction of sp³-hybridized carbons (Fsp3) is 0.364. The molecule has 0 bridgehead atoms. The van der Waals surface area contributed by atoms with Gasteiger partial charge in [0.05, 0.1) is 24.4 Å². The molecule has 3 rings (SSSR count). The number of aromatic nitrogens is 4. The average molecular weight is 231 g/mol. The highest BCUT2D eigenvalue weighted by atomic mass is 16.5. The second-order valence-corrected chi connectivity index (χ2v) is 4.11. The van der Waals surface area contributed by atoms with E-state index in [1.165, 1.54) is 0 Å². The fourth-order valence-corrected chi connectivity index (χ4v) is 1.89. The Kier molecular flexibility index (Phi) is 2.21. The first kappa shape index (κ1) is 10.1. The minimum atomic E-state index is 0.422. The number of benzene rings is 1. The van der Waals surface area contributed by atoms with E-state index in [9.17, 15) is 0 Å². The molecule has 1 heterocycles. The van der Waals surface area contributed by atoms with Crippen LogP contribution in [0.5, 0.6) is 5.75 Å². The zero-order valence-electron chi connectivity index (χ0n) is 9.50. The predicted molar refractivity (Wildman–Crippen MR) is 62.5 cm³/mol. The van der Waals surface area contributed by atoms with Crippen molar-refractivity contribution in [3.63, 3.8) is 0 Å². The lowest BCUT2D eigenvalue weighted by atomic mass is 10.1. The molecule has 6 heteroatoms. The highest BCUT2D eigenvalue weighted by Crippen LogP contribution is 2.39. The van der Waals surface area contributed by atoms with E-state index in [4.69, 9.17) is 10.5 Å². The van der Waals surface area contributed by atoms with Crippen molar-refractivity contribution in [3.8, 4) is 17.1 Å². The summed E-state index contributed by atoms with van der Waals surface area (Å²) < 4.78 is 7.17. The Morgan fingerprint density at radius 2 is 2.24 bits per heavy atom. The van der Waals surface area contributed by atoms with Crippen LogP contribution in [0.1, 0.15) is 18.9 Å². The Bertz CT molecular complexity index is 547. The number of nitrogens with two attached hydrogens (primary N) is 1. The van der Waals surface area contributed by atoms with Gasteiger partial charge in [-0.05, 0) is 35.4 Å². The van der Waals surface area contributed by atoms with Crippen LogP contribution in [0, 0.1) is 0 Å². The largest absolute Gasteiger partial charge is 0.494 e. The van der Waals surface area contributed by atoms with Gasteiger partial charge in [-0.15, -0.1) is 5.10 Å². The fourth-order valence-electron chi connectivity index (χ4n) is 1.89. The highest BCUT2D eigenvalue weighted by molar-refractivity contribution is 5.73. The van der Waals surface area contributed by atoms with Gasteiger partial charge in [0.1, 0.15) is 0 Å². The van der Waals surface area contributed by atoms with Gasteiger partial charge in [0, 0.05) is 0 Å². The van der Waals surface area contributed by atoms with Gasteiger partial charge in [-0.1, -0.05) is 6.07 Å². The molecule has 0 saturated heterocycles. The van der Waals surface area contributed by atoms with Crippen LogP contribution in [0.25, 0.3) is 11.4 Å². The molecule has 0 atom stereocenters. The molecule has 2 N–H and O–H groups in total. The summed E-state index contributed by atoms with van der Waals surface area (Å²) in [6.45, 7) is 0. The lowest BCUT2D eigenvalue weighted by Crippen LogP contribution is -2.02. The first-order chi connectivity index (χ1) is 8.31. The molecule has 88 valence electrons. The molecule has 0 spiro atoms. The summed E-state index contributed by atoms with van der Waals surface area (Å²) >= 11 is 0. The van der Waals surface area contributed by atoms with E-state index in [1.807, 2.05) is 16.8 Å². The van der Waals surface area contributed by atoms with Crippen LogP contribution in [-0.4, -0.2) is 27.3 Å². The third kappa shape index (κ3) is 1.61. The molecule has 0 unspecified atom stereocenters. The van der Waals surface area contributed by atoms with Crippen molar-refractivity contribution in [1.82, 2.24) is 20.2 Å². The van der Waals surface area contributed by atoms with E-state index in [2.05, 4.69) is 15.5 Å². The van der Waals surface area contributed by atoms with Gasteiger partial charge < -0.3 is 10.5 Å². The number of ether oxygens (including phenoxy) is 1. The molecule has 1 aromatic heterocycles. The first-order valence-corrected chi connectivity index (χ1v) is 5.52. The molecule has 0 aliphatic heterocycles. The predicted octanol–water partition coefficient (Wildman–Crippen LogP) is 1.27. The van der Waals surface area contributed by atoms with Crippen molar-refractivity contribution in [1.29, 1.82) is 0 Å². The molecule has 1 aliphatic rings. The van der Waals surface area contributed by atoms with Crippen molar-refractivity contribution in [2.45, 2.75) is 18.9 Å². The van der Waals surface area contributed by atoms with Crippen LogP contribution in [0.2, 0.25) is 0 Å². The second-order valence-electron chi connectivity index (χ2n) is 4.11. The van der Waals surface area contributed by atoms with Gasteiger partial charge >= 0.3 is 0 Å². The maximum atomic E-state index is 5.88. The minimum Gasteiger partial charge on any atom is -0.494 e. The quantitative estimate of drug-likeness (QED) is 0.804. The smallest absolute Gasteiger partial charge is 0.186 e. The van der Waals surface area contributed by atoms with Gasteiger partial charge in [0.2, 0.25) is 0 Å².